The molecule has 1 N–H and O–H groups in total. The summed E-state index contributed by atoms with van der Waals surface area (Å²) < 4.78 is 54.0. The lowest BCUT2D eigenvalue weighted by Gasteiger charge is -2.43. The first kappa shape index (κ1) is 34.8. The maximum absolute atomic E-state index is 14.1. The molecule has 3 aliphatic rings. The van der Waals surface area contributed by atoms with Crippen LogP contribution in [0.1, 0.15) is 57.4 Å². The quantitative estimate of drug-likeness (QED) is 0.406. The van der Waals surface area contributed by atoms with Crippen LogP contribution in [0.25, 0.3) is 0 Å². The first-order chi connectivity index (χ1) is 22.2. The van der Waals surface area contributed by atoms with Crippen molar-refractivity contribution >= 4 is 29.2 Å². The van der Waals surface area contributed by atoms with Crippen LogP contribution < -0.4 is 14.5 Å². The molecule has 1 aromatic carbocycles. The molecule has 47 heavy (non-hydrogen) atoms. The molecule has 1 amide bonds. The number of amides is 1. The number of aliphatic hydroxyl groups excluding tert-OH is 1. The van der Waals surface area contributed by atoms with Gasteiger partial charge < -0.3 is 24.4 Å². The zero-order valence-electron chi connectivity index (χ0n) is 27.1. The van der Waals surface area contributed by atoms with Crippen LogP contribution in [0.5, 0.6) is 6.01 Å². The van der Waals surface area contributed by atoms with Gasteiger partial charge in [0.2, 0.25) is 0 Å². The molecule has 4 heterocycles. The molecule has 0 radical (unpaired) electrons. The van der Waals surface area contributed by atoms with Gasteiger partial charge in [-0.25, -0.2) is 4.79 Å². The van der Waals surface area contributed by atoms with Gasteiger partial charge in [-0.3, -0.25) is 9.80 Å². The van der Waals surface area contributed by atoms with Gasteiger partial charge >= 0.3 is 18.3 Å². The van der Waals surface area contributed by atoms with E-state index in [-0.39, 0.29) is 48.9 Å². The van der Waals surface area contributed by atoms with Crippen molar-refractivity contribution < 1.29 is 32.5 Å². The fourth-order valence-corrected chi connectivity index (χ4v) is 6.83. The Hall–Kier alpha value is -3.54. The minimum absolute atomic E-state index is 0.0361. The number of likely N-dealkylation sites (tertiary alicyclic amines) is 1. The lowest BCUT2D eigenvalue weighted by molar-refractivity contribution is -0.137. The summed E-state index contributed by atoms with van der Waals surface area (Å²) in [6.07, 6.45) is -4.46. The number of anilines is 2. The molecule has 2 aromatic rings. The number of likely N-dealkylation sites (N-methyl/N-ethyl adjacent to an activating group) is 1. The number of alkyl halides is 3. The molecule has 1 aromatic heterocycles. The van der Waals surface area contributed by atoms with Gasteiger partial charge in [0.1, 0.15) is 18.0 Å². The number of hydrogen-bond acceptors (Lipinski definition) is 10. The average Bonchev–Trinajstić information content (AvgIpc) is 3.48. The summed E-state index contributed by atoms with van der Waals surface area (Å²) >= 11 is 6.05. The first-order valence-corrected chi connectivity index (χ1v) is 16.3. The number of halogens is 4. The van der Waals surface area contributed by atoms with Crippen LogP contribution in [-0.4, -0.2) is 101 Å². The van der Waals surface area contributed by atoms with Crippen molar-refractivity contribution in [2.75, 3.05) is 55.7 Å². The lowest BCUT2D eigenvalue weighted by Crippen LogP contribution is -2.60. The largest absolute Gasteiger partial charge is 0.462 e. The second kappa shape index (κ2) is 13.9. The summed E-state index contributed by atoms with van der Waals surface area (Å²) in [5.74, 6) is 0.504. The van der Waals surface area contributed by atoms with Crippen molar-refractivity contribution in [2.24, 2.45) is 0 Å². The Bertz CT molecular complexity index is 1500. The molecule has 11 nitrogen and oxygen atoms in total. The molecule has 3 atom stereocenters. The molecule has 0 aliphatic carbocycles. The topological polar surface area (TPSA) is 118 Å². The second-order valence-corrected chi connectivity index (χ2v) is 13.5. The van der Waals surface area contributed by atoms with Gasteiger partial charge in [0.05, 0.1) is 40.6 Å². The van der Waals surface area contributed by atoms with Crippen molar-refractivity contribution in [3.63, 3.8) is 0 Å². The van der Waals surface area contributed by atoms with E-state index in [2.05, 4.69) is 11.8 Å². The van der Waals surface area contributed by atoms with E-state index in [1.165, 1.54) is 23.1 Å². The van der Waals surface area contributed by atoms with E-state index in [0.29, 0.717) is 31.1 Å². The Kier molecular flexibility index (Phi) is 10.3. The molecular formula is C32H41ClF3N7O4. The fourth-order valence-electron chi connectivity index (χ4n) is 6.55. The number of nitrogens with zero attached hydrogens (tertiary/aromatic N) is 7. The molecule has 0 saturated carbocycles. The Labute approximate surface area is 277 Å². The molecule has 3 aliphatic heterocycles. The predicted octanol–water partition coefficient (Wildman–Crippen LogP) is 4.88. The number of piperazine rings is 1. The summed E-state index contributed by atoms with van der Waals surface area (Å²) in [6.45, 7) is 10.3. The molecule has 256 valence electrons. The van der Waals surface area contributed by atoms with Crippen LogP contribution in [0, 0.1) is 11.3 Å². The number of carbonyl (C=O) groups is 1. The van der Waals surface area contributed by atoms with Crippen LogP contribution in [0.2, 0.25) is 5.02 Å². The minimum Gasteiger partial charge on any atom is -0.462 e. The first-order valence-electron chi connectivity index (χ1n) is 15.9. The summed E-state index contributed by atoms with van der Waals surface area (Å²) in [7, 11) is 0. The van der Waals surface area contributed by atoms with Crippen molar-refractivity contribution in [3.8, 4) is 12.1 Å². The Morgan fingerprint density at radius 3 is 2.62 bits per heavy atom. The molecule has 2 fully saturated rings. The number of fused-ring (bicyclic) bond motifs is 1. The Morgan fingerprint density at radius 2 is 1.94 bits per heavy atom. The zero-order chi connectivity index (χ0) is 34.1. The number of rotatable bonds is 7. The van der Waals surface area contributed by atoms with E-state index >= 15 is 0 Å². The zero-order valence-corrected chi connectivity index (χ0v) is 27.8. The summed E-state index contributed by atoms with van der Waals surface area (Å²) in [5, 5.41) is 19.9. The summed E-state index contributed by atoms with van der Waals surface area (Å²) in [5.41, 5.74) is -0.470. The van der Waals surface area contributed by atoms with E-state index in [1.54, 1.807) is 25.7 Å². The maximum Gasteiger partial charge on any atom is 0.419 e. The molecule has 0 unspecified atom stereocenters. The van der Waals surface area contributed by atoms with E-state index < -0.39 is 35.6 Å². The summed E-state index contributed by atoms with van der Waals surface area (Å²) in [6, 6.07) is 5.33. The predicted molar refractivity (Wildman–Crippen MR) is 170 cm³/mol. The second-order valence-electron chi connectivity index (χ2n) is 13.1. The van der Waals surface area contributed by atoms with Gasteiger partial charge in [0.25, 0.3) is 0 Å². The Balaban J connectivity index is 1.49. The van der Waals surface area contributed by atoms with Gasteiger partial charge in [-0.05, 0) is 65.3 Å². The van der Waals surface area contributed by atoms with Crippen LogP contribution in [0.15, 0.2) is 18.2 Å². The highest BCUT2D eigenvalue weighted by Crippen LogP contribution is 2.43. The highest BCUT2D eigenvalue weighted by molar-refractivity contribution is 6.31. The van der Waals surface area contributed by atoms with E-state index in [1.807, 2.05) is 11.0 Å². The van der Waals surface area contributed by atoms with Crippen molar-refractivity contribution in [1.29, 1.82) is 5.26 Å². The molecule has 15 heteroatoms. The number of ether oxygens (including phenoxy) is 2. The Morgan fingerprint density at radius 1 is 1.17 bits per heavy atom. The van der Waals surface area contributed by atoms with E-state index in [9.17, 15) is 28.3 Å². The molecule has 5 rings (SSSR count). The van der Waals surface area contributed by atoms with Crippen LogP contribution in [0.3, 0.4) is 0 Å². The van der Waals surface area contributed by atoms with Crippen molar-refractivity contribution in [1.82, 2.24) is 19.8 Å². The highest BCUT2D eigenvalue weighted by atomic mass is 35.5. The third kappa shape index (κ3) is 7.79. The lowest BCUT2D eigenvalue weighted by atomic mass is 10.0. The van der Waals surface area contributed by atoms with Crippen LogP contribution in [0.4, 0.5) is 29.5 Å². The number of hydrogen-bond donors (Lipinski definition) is 1. The van der Waals surface area contributed by atoms with Crippen LogP contribution in [-0.2, 0) is 23.9 Å². The maximum atomic E-state index is 14.1. The molecule has 0 spiro atoms. The van der Waals surface area contributed by atoms with Crippen molar-refractivity contribution in [3.05, 3.63) is 40.0 Å². The SMILES string of the molecule is CCN1CCC[C@H]1COc1nc2c(c(N3CCN(C(=O)OC(C)(C)C)[C@@H]([C@@H](O)C#N)C3)n1)CCN(c1cccc(Cl)c1C(F)(F)F)C2. The summed E-state index contributed by atoms with van der Waals surface area (Å²) in [4.78, 5) is 29.7. The molecular weight excluding hydrogens is 639 g/mol. The molecule has 2 saturated heterocycles. The number of carbonyl (C=O) groups excluding carboxylic acids is 1. The van der Waals surface area contributed by atoms with Crippen molar-refractivity contribution in [2.45, 2.75) is 83.5 Å². The van der Waals surface area contributed by atoms with Gasteiger partial charge in [-0.1, -0.05) is 24.6 Å². The number of aliphatic hydroxyl groups is 1. The minimum atomic E-state index is -4.66. The number of nitriles is 1. The van der Waals surface area contributed by atoms with Gasteiger partial charge in [-0.2, -0.15) is 28.4 Å². The third-order valence-corrected chi connectivity index (χ3v) is 9.11. The van der Waals surface area contributed by atoms with E-state index in [4.69, 9.17) is 31.0 Å². The van der Waals surface area contributed by atoms with Crippen LogP contribution >= 0.6 is 11.6 Å². The normalized spacial score (nSPS) is 21.3. The third-order valence-electron chi connectivity index (χ3n) is 8.79. The fraction of sp³-hybridized carbons (Fsp3) is 0.625. The van der Waals surface area contributed by atoms with E-state index in [0.717, 1.165) is 31.5 Å². The standard InChI is InChI=1S/C32H41ClF3N7O4/c1-5-40-12-7-8-20(40)19-46-29-38-23-17-41(24-10-6-9-22(33)27(24)32(34,35)36)13-11-21(23)28(39-29)42-14-15-43(25(18-42)26(44)16-37)30(45)47-31(2,3)4/h6,9-10,20,25-26,44H,5,7-8,11-15,17-19H2,1-4H3/t20-,25+,26-/m0/s1. The van der Waals surface area contributed by atoms with Gasteiger partial charge in [-0.15, -0.1) is 0 Å². The average molecular weight is 680 g/mol. The number of benzene rings is 1. The monoisotopic (exact) mass is 679 g/mol. The van der Waals surface area contributed by atoms with Gasteiger partial charge in [0, 0.05) is 37.8 Å². The van der Waals surface area contributed by atoms with Gasteiger partial charge in [0.15, 0.2) is 6.10 Å². The molecule has 0 bridgehead atoms. The smallest absolute Gasteiger partial charge is 0.419 e. The number of aromatic nitrogens is 2. The highest BCUT2D eigenvalue weighted by Gasteiger charge is 2.41.